The number of carbonyl (C=O) groups is 2. The third-order valence-electron chi connectivity index (χ3n) is 3.10. The molecule has 24 heavy (non-hydrogen) atoms. The van der Waals surface area contributed by atoms with Gasteiger partial charge < -0.3 is 5.32 Å². The molecule has 0 aliphatic heterocycles. The van der Waals surface area contributed by atoms with Crippen molar-refractivity contribution in [1.29, 1.82) is 0 Å². The summed E-state index contributed by atoms with van der Waals surface area (Å²) in [5, 5.41) is 7.19. The zero-order valence-corrected chi connectivity index (χ0v) is 16.0. The third-order valence-corrected chi connectivity index (χ3v) is 5.06. The lowest BCUT2D eigenvalue weighted by atomic mass is 10.2. The molecule has 0 fully saturated rings. The summed E-state index contributed by atoms with van der Waals surface area (Å²) in [6, 6.07) is 9.06. The van der Waals surface area contributed by atoms with Crippen molar-refractivity contribution in [1.82, 2.24) is 5.43 Å². The number of nitrogens with zero attached hydrogens (tertiary/aromatic N) is 1. The largest absolute Gasteiger partial charge is 0.326 e. The average molecular weight is 429 g/mol. The zero-order chi connectivity index (χ0) is 17.5. The Morgan fingerprint density at radius 3 is 2.71 bits per heavy atom. The first-order valence-electron chi connectivity index (χ1n) is 7.08. The van der Waals surface area contributed by atoms with Crippen LogP contribution in [0.4, 0.5) is 5.69 Å². The Labute approximate surface area is 157 Å². The van der Waals surface area contributed by atoms with Gasteiger partial charge in [-0.2, -0.15) is 5.10 Å². The minimum atomic E-state index is -0.320. The molecule has 2 rings (SSSR count). The predicted octanol–water partition coefficient (Wildman–Crippen LogP) is 4.34. The Hall–Kier alpha value is -1.70. The molecule has 0 aliphatic carbocycles. The van der Waals surface area contributed by atoms with Crippen molar-refractivity contribution < 1.29 is 9.59 Å². The Balaban J connectivity index is 1.76. The molecule has 0 saturated carbocycles. The maximum Gasteiger partial charge on any atom is 0.240 e. The molecule has 0 saturated heterocycles. The lowest BCUT2D eigenvalue weighted by molar-refractivity contribution is -0.124. The number of anilines is 1. The fourth-order valence-corrected chi connectivity index (χ4v) is 3.27. The van der Waals surface area contributed by atoms with E-state index in [1.807, 2.05) is 19.1 Å². The number of hydrogen-bond acceptors (Lipinski definition) is 4. The smallest absolute Gasteiger partial charge is 0.240 e. The summed E-state index contributed by atoms with van der Waals surface area (Å²) in [7, 11) is 0. The maximum atomic E-state index is 11.9. The van der Waals surface area contributed by atoms with Gasteiger partial charge in [-0.15, -0.1) is 11.3 Å². The van der Waals surface area contributed by atoms with Crippen LogP contribution in [-0.4, -0.2) is 18.0 Å². The number of thiophene rings is 1. The number of rotatable bonds is 6. The quantitative estimate of drug-likeness (QED) is 0.531. The summed E-state index contributed by atoms with van der Waals surface area (Å²) in [5.74, 6) is -0.568. The summed E-state index contributed by atoms with van der Waals surface area (Å²) >= 11 is 10.9. The van der Waals surface area contributed by atoms with Gasteiger partial charge in [0.15, 0.2) is 0 Å². The van der Waals surface area contributed by atoms with Crippen LogP contribution in [-0.2, 0) is 9.59 Å². The van der Waals surface area contributed by atoms with Crippen LogP contribution in [0.3, 0.4) is 0 Å². The Bertz CT molecular complexity index is 776. The molecule has 2 N–H and O–H groups in total. The number of carbonyl (C=O) groups excluding carboxylic acids is 2. The first-order chi connectivity index (χ1) is 11.5. The SMILES string of the molecule is Cc1c(Cl)cccc1NC(=O)CCC(=O)N/N=C\c1ccc(Br)s1. The molecular formula is C16H15BrClN3O2S. The van der Waals surface area contributed by atoms with Crippen LogP contribution in [0, 0.1) is 6.92 Å². The molecule has 1 heterocycles. The summed E-state index contributed by atoms with van der Waals surface area (Å²) in [5.41, 5.74) is 3.84. The lowest BCUT2D eigenvalue weighted by Crippen LogP contribution is -2.20. The van der Waals surface area contributed by atoms with Gasteiger partial charge in [0.05, 0.1) is 10.0 Å². The van der Waals surface area contributed by atoms with Crippen molar-refractivity contribution in [3.05, 3.63) is 49.6 Å². The maximum absolute atomic E-state index is 11.9. The second kappa shape index (κ2) is 8.96. The van der Waals surface area contributed by atoms with E-state index in [1.54, 1.807) is 24.4 Å². The van der Waals surface area contributed by atoms with Crippen molar-refractivity contribution in [2.75, 3.05) is 5.32 Å². The molecule has 126 valence electrons. The van der Waals surface area contributed by atoms with Gasteiger partial charge in [-0.25, -0.2) is 5.43 Å². The predicted molar refractivity (Wildman–Crippen MR) is 102 cm³/mol. The van der Waals surface area contributed by atoms with Crippen LogP contribution in [0.1, 0.15) is 23.3 Å². The van der Waals surface area contributed by atoms with E-state index >= 15 is 0 Å². The summed E-state index contributed by atoms with van der Waals surface area (Å²) in [4.78, 5) is 24.5. The van der Waals surface area contributed by atoms with Gasteiger partial charge in [-0.3, -0.25) is 9.59 Å². The third kappa shape index (κ3) is 5.74. The number of hydrogen-bond donors (Lipinski definition) is 2. The molecule has 0 radical (unpaired) electrons. The fraction of sp³-hybridized carbons (Fsp3) is 0.188. The number of halogens is 2. The van der Waals surface area contributed by atoms with Crippen molar-refractivity contribution in [3.63, 3.8) is 0 Å². The first kappa shape index (κ1) is 18.6. The van der Waals surface area contributed by atoms with Gasteiger partial charge in [0.2, 0.25) is 11.8 Å². The molecule has 0 bridgehead atoms. The normalized spacial score (nSPS) is 10.8. The second-order valence-electron chi connectivity index (χ2n) is 4.90. The monoisotopic (exact) mass is 427 g/mol. The van der Waals surface area contributed by atoms with E-state index in [2.05, 4.69) is 31.8 Å². The van der Waals surface area contributed by atoms with Gasteiger partial charge in [0.1, 0.15) is 0 Å². The number of benzene rings is 1. The topological polar surface area (TPSA) is 70.6 Å². The number of amides is 2. The molecule has 0 aliphatic rings. The van der Waals surface area contributed by atoms with Crippen LogP contribution in [0.5, 0.6) is 0 Å². The minimum absolute atomic E-state index is 0.0525. The lowest BCUT2D eigenvalue weighted by Gasteiger charge is -2.09. The molecule has 1 aromatic carbocycles. The molecule has 1 aromatic heterocycles. The average Bonchev–Trinajstić information content (AvgIpc) is 2.95. The summed E-state index contributed by atoms with van der Waals surface area (Å²) in [6.45, 7) is 1.82. The Morgan fingerprint density at radius 1 is 1.25 bits per heavy atom. The van der Waals surface area contributed by atoms with Crippen molar-refractivity contribution in [3.8, 4) is 0 Å². The summed E-state index contributed by atoms with van der Waals surface area (Å²) in [6.07, 6.45) is 1.68. The number of hydrazone groups is 1. The highest BCUT2D eigenvalue weighted by molar-refractivity contribution is 9.11. The zero-order valence-electron chi connectivity index (χ0n) is 12.8. The molecular weight excluding hydrogens is 414 g/mol. The van der Waals surface area contributed by atoms with E-state index in [9.17, 15) is 9.59 Å². The van der Waals surface area contributed by atoms with E-state index in [-0.39, 0.29) is 24.7 Å². The molecule has 8 heteroatoms. The van der Waals surface area contributed by atoms with Crippen molar-refractivity contribution in [2.24, 2.45) is 5.10 Å². The molecule has 2 amide bonds. The van der Waals surface area contributed by atoms with Gasteiger partial charge >= 0.3 is 0 Å². The van der Waals surface area contributed by atoms with Gasteiger partial charge in [-0.05, 0) is 52.7 Å². The number of nitrogens with one attached hydrogen (secondary N) is 2. The summed E-state index contributed by atoms with van der Waals surface area (Å²) < 4.78 is 0.989. The van der Waals surface area contributed by atoms with E-state index < -0.39 is 0 Å². The highest BCUT2D eigenvalue weighted by atomic mass is 79.9. The Morgan fingerprint density at radius 2 is 2.00 bits per heavy atom. The van der Waals surface area contributed by atoms with Gasteiger partial charge in [-0.1, -0.05) is 17.7 Å². The van der Waals surface area contributed by atoms with E-state index in [4.69, 9.17) is 11.6 Å². The van der Waals surface area contributed by atoms with Gasteiger partial charge in [0.25, 0.3) is 0 Å². The second-order valence-corrected chi connectivity index (χ2v) is 7.80. The Kier molecular flexibility index (Phi) is 6.96. The van der Waals surface area contributed by atoms with Crippen molar-refractivity contribution >= 4 is 62.6 Å². The van der Waals surface area contributed by atoms with Crippen LogP contribution >= 0.6 is 38.9 Å². The van der Waals surface area contributed by atoms with Gasteiger partial charge in [0, 0.05) is 28.4 Å². The fourth-order valence-electron chi connectivity index (χ4n) is 1.80. The highest BCUT2D eigenvalue weighted by Crippen LogP contribution is 2.23. The highest BCUT2D eigenvalue weighted by Gasteiger charge is 2.09. The van der Waals surface area contributed by atoms with E-state index in [0.717, 1.165) is 14.2 Å². The molecule has 0 spiro atoms. The van der Waals surface area contributed by atoms with Crippen molar-refractivity contribution in [2.45, 2.75) is 19.8 Å². The minimum Gasteiger partial charge on any atom is -0.326 e. The van der Waals surface area contributed by atoms with Crippen LogP contribution < -0.4 is 10.7 Å². The molecule has 5 nitrogen and oxygen atoms in total. The molecule has 2 aromatic rings. The van der Waals surface area contributed by atoms with E-state index in [0.29, 0.717) is 10.7 Å². The molecule has 0 unspecified atom stereocenters. The molecule has 0 atom stereocenters. The van der Waals surface area contributed by atoms with Crippen LogP contribution in [0.15, 0.2) is 39.2 Å². The standard InChI is InChI=1S/C16H15BrClN3O2S/c1-10-12(18)3-2-4-13(10)20-15(22)7-8-16(23)21-19-9-11-5-6-14(17)24-11/h2-6,9H,7-8H2,1H3,(H,20,22)(H,21,23)/b19-9-. The van der Waals surface area contributed by atoms with E-state index in [1.165, 1.54) is 11.3 Å². The van der Waals surface area contributed by atoms with Crippen LogP contribution in [0.25, 0.3) is 0 Å². The van der Waals surface area contributed by atoms with Crippen LogP contribution in [0.2, 0.25) is 5.02 Å². The first-order valence-corrected chi connectivity index (χ1v) is 9.06.